The van der Waals surface area contributed by atoms with E-state index in [1.807, 2.05) is 0 Å². The molecule has 16 heavy (non-hydrogen) atoms. The van der Waals surface area contributed by atoms with Crippen molar-refractivity contribution in [3.05, 3.63) is 36.0 Å². The molecular weight excluding hydrogens is 210 g/mol. The number of hydrogen-bond acceptors (Lipinski definition) is 5. The summed E-state index contributed by atoms with van der Waals surface area (Å²) >= 11 is 0. The lowest BCUT2D eigenvalue weighted by Crippen LogP contribution is -2.09. The number of phenolic OH excluding ortho intramolecular Hbond substituents is 1. The average Bonchev–Trinajstić information content (AvgIpc) is 2.68. The van der Waals surface area contributed by atoms with Crippen LogP contribution in [0.15, 0.2) is 30.5 Å². The summed E-state index contributed by atoms with van der Waals surface area (Å²) in [6.07, 6.45) is 1.29. The first-order valence-corrected chi connectivity index (χ1v) is 4.47. The number of nitrogens with one attached hydrogen (secondary N) is 1. The van der Waals surface area contributed by atoms with Crippen molar-refractivity contribution in [2.75, 3.05) is 5.73 Å². The molecule has 6 nitrogen and oxygen atoms in total. The van der Waals surface area contributed by atoms with Gasteiger partial charge in [-0.05, 0) is 24.3 Å². The Morgan fingerprint density at radius 2 is 2.06 bits per heavy atom. The Hall–Kier alpha value is -2.50. The molecule has 1 aromatic carbocycles. The number of rotatable bonds is 2. The summed E-state index contributed by atoms with van der Waals surface area (Å²) in [4.78, 5) is 11.6. The van der Waals surface area contributed by atoms with Gasteiger partial charge in [0.2, 0.25) is 0 Å². The van der Waals surface area contributed by atoms with E-state index in [1.54, 1.807) is 0 Å². The van der Waals surface area contributed by atoms with Crippen LogP contribution >= 0.6 is 0 Å². The highest BCUT2D eigenvalue weighted by Crippen LogP contribution is 2.18. The summed E-state index contributed by atoms with van der Waals surface area (Å²) < 4.78 is 5.00. The maximum atomic E-state index is 11.6. The number of nitrogens with two attached hydrogens (primary N) is 1. The number of aromatic hydroxyl groups is 1. The molecule has 0 aliphatic rings. The van der Waals surface area contributed by atoms with E-state index in [0.29, 0.717) is 5.75 Å². The fraction of sp³-hybridized carbons (Fsp3) is 0. The SMILES string of the molecule is Nc1[nH]ncc1C(=O)Oc1ccc(O)cc1. The van der Waals surface area contributed by atoms with Crippen molar-refractivity contribution in [2.24, 2.45) is 0 Å². The van der Waals surface area contributed by atoms with E-state index < -0.39 is 5.97 Å². The largest absolute Gasteiger partial charge is 0.508 e. The van der Waals surface area contributed by atoms with Gasteiger partial charge < -0.3 is 15.6 Å². The Kier molecular flexibility index (Phi) is 2.47. The fourth-order valence-corrected chi connectivity index (χ4v) is 1.13. The van der Waals surface area contributed by atoms with Gasteiger partial charge in [-0.3, -0.25) is 5.10 Å². The second-order valence-electron chi connectivity index (χ2n) is 3.08. The highest BCUT2D eigenvalue weighted by molar-refractivity contribution is 5.95. The predicted octanol–water partition coefficient (Wildman–Crippen LogP) is 0.917. The van der Waals surface area contributed by atoms with Crippen LogP contribution in [-0.4, -0.2) is 21.3 Å². The van der Waals surface area contributed by atoms with Gasteiger partial charge in [0, 0.05) is 0 Å². The molecule has 0 radical (unpaired) electrons. The maximum Gasteiger partial charge on any atom is 0.348 e. The highest BCUT2D eigenvalue weighted by atomic mass is 16.5. The summed E-state index contributed by atoms with van der Waals surface area (Å²) in [5, 5.41) is 15.1. The molecule has 1 heterocycles. The number of anilines is 1. The van der Waals surface area contributed by atoms with Crippen molar-refractivity contribution in [2.45, 2.75) is 0 Å². The van der Waals surface area contributed by atoms with E-state index >= 15 is 0 Å². The first kappa shape index (κ1) is 10.0. The van der Waals surface area contributed by atoms with Crippen LogP contribution in [0, 0.1) is 0 Å². The number of ether oxygens (including phenoxy) is 1. The number of phenols is 1. The summed E-state index contributed by atoms with van der Waals surface area (Å²) in [7, 11) is 0. The first-order chi connectivity index (χ1) is 7.66. The van der Waals surface area contributed by atoms with Crippen LogP contribution in [0.3, 0.4) is 0 Å². The van der Waals surface area contributed by atoms with E-state index in [0.717, 1.165) is 0 Å². The molecular formula is C10H9N3O3. The Morgan fingerprint density at radius 1 is 1.38 bits per heavy atom. The Balaban J connectivity index is 2.14. The van der Waals surface area contributed by atoms with Crippen LogP contribution in [0.4, 0.5) is 5.82 Å². The monoisotopic (exact) mass is 219 g/mol. The molecule has 0 unspecified atom stereocenters. The second kappa shape index (κ2) is 3.93. The lowest BCUT2D eigenvalue weighted by Gasteiger charge is -2.02. The minimum absolute atomic E-state index is 0.0997. The Morgan fingerprint density at radius 3 is 2.62 bits per heavy atom. The molecule has 0 spiro atoms. The van der Waals surface area contributed by atoms with E-state index in [4.69, 9.17) is 15.6 Å². The summed E-state index contributed by atoms with van der Waals surface area (Å²) in [6, 6.07) is 5.79. The van der Waals surface area contributed by atoms with E-state index in [2.05, 4.69) is 10.2 Å². The molecule has 6 heteroatoms. The maximum absolute atomic E-state index is 11.6. The number of benzene rings is 1. The first-order valence-electron chi connectivity index (χ1n) is 4.47. The van der Waals surface area contributed by atoms with Gasteiger partial charge in [0.1, 0.15) is 22.9 Å². The molecule has 0 saturated heterocycles. The lowest BCUT2D eigenvalue weighted by molar-refractivity contribution is 0.0736. The molecule has 0 amide bonds. The van der Waals surface area contributed by atoms with Crippen LogP contribution in [0.25, 0.3) is 0 Å². The zero-order valence-corrected chi connectivity index (χ0v) is 8.18. The quantitative estimate of drug-likeness (QED) is 0.515. The van der Waals surface area contributed by atoms with Gasteiger partial charge in [0.15, 0.2) is 0 Å². The lowest BCUT2D eigenvalue weighted by atomic mass is 10.3. The van der Waals surface area contributed by atoms with Gasteiger partial charge in [-0.15, -0.1) is 0 Å². The topological polar surface area (TPSA) is 101 Å². The number of nitrogens with zero attached hydrogens (tertiary/aromatic N) is 1. The van der Waals surface area contributed by atoms with Crippen molar-refractivity contribution in [1.82, 2.24) is 10.2 Å². The highest BCUT2D eigenvalue weighted by Gasteiger charge is 2.13. The second-order valence-corrected chi connectivity index (χ2v) is 3.08. The van der Waals surface area contributed by atoms with Crippen LogP contribution < -0.4 is 10.5 Å². The summed E-state index contributed by atoms with van der Waals surface area (Å²) in [5.74, 6) is -0.0215. The number of H-pyrrole nitrogens is 1. The number of aromatic nitrogens is 2. The molecule has 1 aromatic heterocycles. The van der Waals surface area contributed by atoms with Crippen molar-refractivity contribution < 1.29 is 14.6 Å². The molecule has 0 atom stereocenters. The van der Waals surface area contributed by atoms with Crippen molar-refractivity contribution in [3.63, 3.8) is 0 Å². The molecule has 0 bridgehead atoms. The van der Waals surface area contributed by atoms with Crippen LogP contribution in [0.2, 0.25) is 0 Å². The van der Waals surface area contributed by atoms with Crippen LogP contribution in [0.5, 0.6) is 11.5 Å². The van der Waals surface area contributed by atoms with Crippen molar-refractivity contribution in [3.8, 4) is 11.5 Å². The summed E-state index contributed by atoms with van der Waals surface area (Å²) in [6.45, 7) is 0. The van der Waals surface area contributed by atoms with Crippen molar-refractivity contribution in [1.29, 1.82) is 0 Å². The summed E-state index contributed by atoms with van der Waals surface area (Å²) in [5.41, 5.74) is 5.63. The Labute approximate surface area is 90.7 Å². The van der Waals surface area contributed by atoms with Gasteiger partial charge in [-0.25, -0.2) is 4.79 Å². The van der Waals surface area contributed by atoms with Gasteiger partial charge in [-0.2, -0.15) is 5.10 Å². The third-order valence-corrected chi connectivity index (χ3v) is 1.94. The normalized spacial score (nSPS) is 10.0. The number of carbonyl (C=O) groups excluding carboxylic acids is 1. The van der Waals surface area contributed by atoms with Gasteiger partial charge >= 0.3 is 5.97 Å². The standard InChI is InChI=1S/C10H9N3O3/c11-9-8(5-12-13-9)10(15)16-7-3-1-6(14)2-4-7/h1-5,14H,(H3,11,12,13). The predicted molar refractivity (Wildman–Crippen MR) is 56.1 cm³/mol. The zero-order chi connectivity index (χ0) is 11.5. The molecule has 0 saturated carbocycles. The van der Waals surface area contributed by atoms with Gasteiger partial charge in [0.05, 0.1) is 6.20 Å². The molecule has 0 aliphatic carbocycles. The molecule has 4 N–H and O–H groups in total. The van der Waals surface area contributed by atoms with Gasteiger partial charge in [0.25, 0.3) is 0 Å². The van der Waals surface area contributed by atoms with Crippen LogP contribution in [-0.2, 0) is 0 Å². The average molecular weight is 219 g/mol. The molecule has 2 rings (SSSR count). The minimum atomic E-state index is -0.600. The van der Waals surface area contributed by atoms with E-state index in [9.17, 15) is 4.79 Å². The Bertz CT molecular complexity index is 504. The van der Waals surface area contributed by atoms with Crippen LogP contribution in [0.1, 0.15) is 10.4 Å². The number of carbonyl (C=O) groups is 1. The molecule has 2 aromatic rings. The number of esters is 1. The minimum Gasteiger partial charge on any atom is -0.508 e. The third-order valence-electron chi connectivity index (χ3n) is 1.94. The number of aromatic amines is 1. The van der Waals surface area contributed by atoms with E-state index in [-0.39, 0.29) is 17.1 Å². The molecule has 82 valence electrons. The number of hydrogen-bond donors (Lipinski definition) is 3. The third kappa shape index (κ3) is 1.95. The van der Waals surface area contributed by atoms with E-state index in [1.165, 1.54) is 30.5 Å². The van der Waals surface area contributed by atoms with Gasteiger partial charge in [-0.1, -0.05) is 0 Å². The zero-order valence-electron chi connectivity index (χ0n) is 8.18. The van der Waals surface area contributed by atoms with Crippen molar-refractivity contribution >= 4 is 11.8 Å². The number of nitrogen functional groups attached to an aromatic ring is 1. The molecule has 0 fully saturated rings. The molecule has 0 aliphatic heterocycles. The fourth-order valence-electron chi connectivity index (χ4n) is 1.13. The smallest absolute Gasteiger partial charge is 0.348 e.